The first-order valence-electron chi connectivity index (χ1n) is 7.69. The third kappa shape index (κ3) is 7.96. The summed E-state index contributed by atoms with van der Waals surface area (Å²) in [6.45, 7) is 11.1. The highest BCUT2D eigenvalue weighted by Crippen LogP contribution is 2.23. The van der Waals surface area contributed by atoms with Gasteiger partial charge in [0.2, 0.25) is 0 Å². The zero-order valence-corrected chi connectivity index (χ0v) is 16.7. The lowest BCUT2D eigenvalue weighted by molar-refractivity contribution is 0.403. The molecule has 0 bridgehead atoms. The normalized spacial score (nSPS) is 19.4. The molecule has 1 fully saturated rings. The molecule has 5 heteroatoms. The van der Waals surface area contributed by atoms with E-state index in [1.807, 2.05) is 11.8 Å². The number of hydrogen-bond donors (Lipinski definition) is 1. The number of aliphatic imine (C=N–C) groups is 1. The molecule has 1 aliphatic rings. The van der Waals surface area contributed by atoms with Crippen molar-refractivity contribution < 1.29 is 0 Å². The zero-order chi connectivity index (χ0) is 14.1. The molecule has 1 atom stereocenters. The summed E-state index contributed by atoms with van der Waals surface area (Å²) in [5.74, 6) is 4.01. The van der Waals surface area contributed by atoms with Gasteiger partial charge in [-0.25, -0.2) is 0 Å². The van der Waals surface area contributed by atoms with Crippen LogP contribution in [0.25, 0.3) is 0 Å². The Kier molecular flexibility index (Phi) is 12.2. The van der Waals surface area contributed by atoms with E-state index >= 15 is 0 Å². The number of guanidine groups is 1. The van der Waals surface area contributed by atoms with Crippen LogP contribution in [0.15, 0.2) is 4.99 Å². The van der Waals surface area contributed by atoms with Gasteiger partial charge in [0.15, 0.2) is 5.96 Å². The second kappa shape index (κ2) is 12.0. The molecule has 1 rings (SSSR count). The first kappa shape index (κ1) is 20.3. The summed E-state index contributed by atoms with van der Waals surface area (Å²) in [5, 5.41) is 3.44. The standard InChI is InChI=1S/C15H31N3S.HI/c1-5-16-15(17-8-6-10-19-4)18-9-7-14(12-18)11-13(2)3;/h13-14H,5-12H2,1-4H3,(H,16,17);1H. The summed E-state index contributed by atoms with van der Waals surface area (Å²) >= 11 is 1.90. The quantitative estimate of drug-likeness (QED) is 0.299. The van der Waals surface area contributed by atoms with Gasteiger partial charge in [-0.2, -0.15) is 11.8 Å². The van der Waals surface area contributed by atoms with Crippen LogP contribution in [0.4, 0.5) is 0 Å². The fourth-order valence-corrected chi connectivity index (χ4v) is 3.12. The molecule has 1 aliphatic heterocycles. The molecule has 3 nitrogen and oxygen atoms in total. The Morgan fingerprint density at radius 3 is 2.80 bits per heavy atom. The summed E-state index contributed by atoms with van der Waals surface area (Å²) in [6.07, 6.45) is 6.01. The predicted octanol–water partition coefficient (Wildman–Crippen LogP) is 3.69. The van der Waals surface area contributed by atoms with Crippen molar-refractivity contribution in [1.29, 1.82) is 0 Å². The molecule has 0 aromatic carbocycles. The van der Waals surface area contributed by atoms with Crippen LogP contribution in [0.3, 0.4) is 0 Å². The Balaban J connectivity index is 0.00000361. The average molecular weight is 413 g/mol. The van der Waals surface area contributed by atoms with Crippen molar-refractivity contribution in [2.24, 2.45) is 16.8 Å². The highest BCUT2D eigenvalue weighted by atomic mass is 127. The fourth-order valence-electron chi connectivity index (χ4n) is 2.70. The Hall–Kier alpha value is 0.350. The third-order valence-electron chi connectivity index (χ3n) is 3.49. The van der Waals surface area contributed by atoms with Crippen LogP contribution in [0.2, 0.25) is 0 Å². The van der Waals surface area contributed by atoms with E-state index in [-0.39, 0.29) is 24.0 Å². The van der Waals surface area contributed by atoms with Gasteiger partial charge in [0.1, 0.15) is 0 Å². The molecule has 1 N–H and O–H groups in total. The summed E-state index contributed by atoms with van der Waals surface area (Å²) in [4.78, 5) is 7.22. The van der Waals surface area contributed by atoms with Gasteiger partial charge in [-0.3, -0.25) is 4.99 Å². The van der Waals surface area contributed by atoms with Crippen LogP contribution in [0, 0.1) is 11.8 Å². The summed E-state index contributed by atoms with van der Waals surface area (Å²) in [6, 6.07) is 0. The number of likely N-dealkylation sites (tertiary alicyclic amines) is 1. The first-order valence-corrected chi connectivity index (χ1v) is 9.09. The van der Waals surface area contributed by atoms with Crippen molar-refractivity contribution in [2.75, 3.05) is 38.2 Å². The van der Waals surface area contributed by atoms with E-state index in [1.54, 1.807) is 0 Å². The lowest BCUT2D eigenvalue weighted by atomic mass is 9.97. The molecule has 0 aromatic heterocycles. The molecule has 1 unspecified atom stereocenters. The molecule has 1 saturated heterocycles. The second-order valence-corrected chi connectivity index (χ2v) is 6.80. The Morgan fingerprint density at radius 1 is 1.45 bits per heavy atom. The van der Waals surface area contributed by atoms with Gasteiger partial charge in [0, 0.05) is 26.2 Å². The molecule has 1 heterocycles. The molecule has 0 aliphatic carbocycles. The topological polar surface area (TPSA) is 27.6 Å². The van der Waals surface area contributed by atoms with Crippen LogP contribution in [-0.2, 0) is 0 Å². The molecule has 0 spiro atoms. The van der Waals surface area contributed by atoms with Crippen LogP contribution in [-0.4, -0.2) is 49.0 Å². The maximum atomic E-state index is 4.76. The summed E-state index contributed by atoms with van der Waals surface area (Å²) < 4.78 is 0. The SMILES string of the molecule is CCNC(=NCCCSC)N1CCC(CC(C)C)C1.I. The molecule has 0 aromatic rings. The number of hydrogen-bond acceptors (Lipinski definition) is 2. The van der Waals surface area contributed by atoms with E-state index in [4.69, 9.17) is 4.99 Å². The highest BCUT2D eigenvalue weighted by molar-refractivity contribution is 14.0. The van der Waals surface area contributed by atoms with Gasteiger partial charge >= 0.3 is 0 Å². The largest absolute Gasteiger partial charge is 0.357 e. The van der Waals surface area contributed by atoms with Gasteiger partial charge in [-0.1, -0.05) is 13.8 Å². The van der Waals surface area contributed by atoms with E-state index in [0.29, 0.717) is 0 Å². The van der Waals surface area contributed by atoms with Crippen molar-refractivity contribution in [2.45, 2.75) is 40.0 Å². The van der Waals surface area contributed by atoms with Crippen molar-refractivity contribution in [3.63, 3.8) is 0 Å². The number of rotatable bonds is 7. The van der Waals surface area contributed by atoms with E-state index in [9.17, 15) is 0 Å². The van der Waals surface area contributed by atoms with E-state index in [0.717, 1.165) is 30.9 Å². The minimum absolute atomic E-state index is 0. The highest BCUT2D eigenvalue weighted by Gasteiger charge is 2.25. The fraction of sp³-hybridized carbons (Fsp3) is 0.933. The van der Waals surface area contributed by atoms with Crippen molar-refractivity contribution >= 4 is 41.7 Å². The minimum atomic E-state index is 0. The van der Waals surface area contributed by atoms with Crippen LogP contribution in [0.5, 0.6) is 0 Å². The van der Waals surface area contributed by atoms with Crippen molar-refractivity contribution in [3.8, 4) is 0 Å². The van der Waals surface area contributed by atoms with E-state index in [2.05, 4.69) is 37.2 Å². The molecule has 0 amide bonds. The number of thioether (sulfide) groups is 1. The van der Waals surface area contributed by atoms with Gasteiger partial charge in [0.25, 0.3) is 0 Å². The zero-order valence-electron chi connectivity index (χ0n) is 13.5. The maximum Gasteiger partial charge on any atom is 0.193 e. The van der Waals surface area contributed by atoms with Crippen LogP contribution in [0.1, 0.15) is 40.0 Å². The Bertz CT molecular complexity index is 272. The van der Waals surface area contributed by atoms with Gasteiger partial charge in [0.05, 0.1) is 0 Å². The summed E-state index contributed by atoms with van der Waals surface area (Å²) in [7, 11) is 0. The molecule has 20 heavy (non-hydrogen) atoms. The number of nitrogens with zero attached hydrogens (tertiary/aromatic N) is 2. The van der Waals surface area contributed by atoms with E-state index in [1.165, 1.54) is 38.1 Å². The lowest BCUT2D eigenvalue weighted by Gasteiger charge is -2.22. The lowest BCUT2D eigenvalue weighted by Crippen LogP contribution is -2.40. The Morgan fingerprint density at radius 2 is 2.20 bits per heavy atom. The molecule has 0 saturated carbocycles. The third-order valence-corrected chi connectivity index (χ3v) is 4.19. The monoisotopic (exact) mass is 413 g/mol. The van der Waals surface area contributed by atoms with Gasteiger partial charge in [-0.15, -0.1) is 24.0 Å². The van der Waals surface area contributed by atoms with E-state index < -0.39 is 0 Å². The Labute approximate surface area is 146 Å². The molecule has 120 valence electrons. The maximum absolute atomic E-state index is 4.76. The van der Waals surface area contributed by atoms with Crippen molar-refractivity contribution in [1.82, 2.24) is 10.2 Å². The van der Waals surface area contributed by atoms with Crippen molar-refractivity contribution in [3.05, 3.63) is 0 Å². The van der Waals surface area contributed by atoms with Crippen LogP contribution < -0.4 is 5.32 Å². The minimum Gasteiger partial charge on any atom is -0.357 e. The summed E-state index contributed by atoms with van der Waals surface area (Å²) in [5.41, 5.74) is 0. The molecule has 0 radical (unpaired) electrons. The van der Waals surface area contributed by atoms with Crippen LogP contribution >= 0.6 is 35.7 Å². The second-order valence-electron chi connectivity index (χ2n) is 5.81. The first-order chi connectivity index (χ1) is 9.17. The van der Waals surface area contributed by atoms with Gasteiger partial charge in [-0.05, 0) is 50.0 Å². The molecular formula is C15H32IN3S. The molecular weight excluding hydrogens is 381 g/mol. The van der Waals surface area contributed by atoms with Gasteiger partial charge < -0.3 is 10.2 Å². The number of nitrogens with one attached hydrogen (secondary N) is 1. The number of halogens is 1. The average Bonchev–Trinajstić information content (AvgIpc) is 2.80. The predicted molar refractivity (Wildman–Crippen MR) is 104 cm³/mol. The smallest absolute Gasteiger partial charge is 0.193 e.